The van der Waals surface area contributed by atoms with Crippen molar-refractivity contribution in [3.05, 3.63) is 70.8 Å². The molecule has 0 spiro atoms. The molecule has 0 saturated carbocycles. The number of nitrogens with zero attached hydrogens (tertiary/aromatic N) is 2. The second-order valence-electron chi connectivity index (χ2n) is 5.52. The summed E-state index contributed by atoms with van der Waals surface area (Å²) in [4.78, 5) is 8.25. The first-order valence-corrected chi connectivity index (χ1v) is 10.1. The second kappa shape index (κ2) is 8.12. The summed E-state index contributed by atoms with van der Waals surface area (Å²) in [5.74, 6) is -0.107. The Morgan fingerprint density at radius 1 is 1.11 bits per heavy atom. The van der Waals surface area contributed by atoms with Gasteiger partial charge in [0.2, 0.25) is 10.0 Å². The highest BCUT2D eigenvalue weighted by atomic mass is 79.9. The van der Waals surface area contributed by atoms with Gasteiger partial charge in [-0.2, -0.15) is 0 Å². The number of methoxy groups -OCH3 is 1. The number of ether oxygens (including phenoxy) is 1. The van der Waals surface area contributed by atoms with Gasteiger partial charge in [0, 0.05) is 10.0 Å². The molecular weight excluding hydrogens is 437 g/mol. The minimum atomic E-state index is -3.82. The summed E-state index contributed by atoms with van der Waals surface area (Å²) in [5.41, 5.74) is 1.75. The molecule has 1 heterocycles. The predicted molar refractivity (Wildman–Crippen MR) is 102 cm³/mol. The van der Waals surface area contributed by atoms with Crippen molar-refractivity contribution in [3.63, 3.8) is 0 Å². The number of halogens is 2. The summed E-state index contributed by atoms with van der Waals surface area (Å²) in [6.45, 7) is -0.0330. The van der Waals surface area contributed by atoms with E-state index >= 15 is 0 Å². The van der Waals surface area contributed by atoms with Crippen molar-refractivity contribution < 1.29 is 17.5 Å². The highest BCUT2D eigenvalue weighted by Crippen LogP contribution is 2.27. The standard InChI is InChI=1S/C18H15BrFN3O3S/c1-26-17-7-4-13(19)8-18(17)27(24,25)23-10-15-9-16(22-11-21-15)12-2-5-14(20)6-3-12/h2-9,11,23H,10H2,1H3. The fraction of sp³-hybridized carbons (Fsp3) is 0.111. The first-order valence-electron chi connectivity index (χ1n) is 7.79. The van der Waals surface area contributed by atoms with Crippen LogP contribution in [0.4, 0.5) is 4.39 Å². The van der Waals surface area contributed by atoms with Gasteiger partial charge >= 0.3 is 0 Å². The van der Waals surface area contributed by atoms with E-state index in [0.717, 1.165) is 0 Å². The van der Waals surface area contributed by atoms with E-state index < -0.39 is 10.0 Å². The van der Waals surface area contributed by atoms with E-state index in [0.29, 0.717) is 21.4 Å². The molecule has 0 fully saturated rings. The maximum absolute atomic E-state index is 13.1. The topological polar surface area (TPSA) is 81.2 Å². The fourth-order valence-electron chi connectivity index (χ4n) is 2.38. The van der Waals surface area contributed by atoms with E-state index in [2.05, 4.69) is 30.6 Å². The van der Waals surface area contributed by atoms with Crippen LogP contribution in [0.2, 0.25) is 0 Å². The van der Waals surface area contributed by atoms with E-state index in [1.54, 1.807) is 30.3 Å². The summed E-state index contributed by atoms with van der Waals surface area (Å²) >= 11 is 3.26. The molecule has 0 aliphatic rings. The number of hydrogen-bond acceptors (Lipinski definition) is 5. The quantitative estimate of drug-likeness (QED) is 0.619. The van der Waals surface area contributed by atoms with Crippen molar-refractivity contribution in [1.82, 2.24) is 14.7 Å². The molecule has 0 amide bonds. The summed E-state index contributed by atoms with van der Waals surface area (Å²) in [6.07, 6.45) is 1.34. The van der Waals surface area contributed by atoms with E-state index in [1.165, 1.54) is 31.6 Å². The molecule has 140 valence electrons. The third-order valence-electron chi connectivity index (χ3n) is 3.72. The molecule has 0 saturated heterocycles. The van der Waals surface area contributed by atoms with E-state index in [4.69, 9.17) is 4.74 Å². The van der Waals surface area contributed by atoms with Crippen LogP contribution in [-0.4, -0.2) is 25.5 Å². The molecule has 3 aromatic rings. The van der Waals surface area contributed by atoms with Gasteiger partial charge < -0.3 is 4.74 Å². The van der Waals surface area contributed by atoms with Gasteiger partial charge in [0.1, 0.15) is 22.8 Å². The van der Waals surface area contributed by atoms with Crippen molar-refractivity contribution >= 4 is 26.0 Å². The SMILES string of the molecule is COc1ccc(Br)cc1S(=O)(=O)NCc1cc(-c2ccc(F)cc2)ncn1. The highest BCUT2D eigenvalue weighted by Gasteiger charge is 2.20. The Kier molecular flexibility index (Phi) is 5.83. The number of sulfonamides is 1. The molecular formula is C18H15BrFN3O3S. The number of nitrogens with one attached hydrogen (secondary N) is 1. The van der Waals surface area contributed by atoms with E-state index in [1.807, 2.05) is 0 Å². The molecule has 3 rings (SSSR count). The van der Waals surface area contributed by atoms with Crippen LogP contribution in [0.3, 0.4) is 0 Å². The lowest BCUT2D eigenvalue weighted by Crippen LogP contribution is -2.24. The molecule has 1 aromatic heterocycles. The van der Waals surface area contributed by atoms with Crippen LogP contribution in [0.15, 0.2) is 64.2 Å². The monoisotopic (exact) mass is 451 g/mol. The Labute approximate surface area is 164 Å². The van der Waals surface area contributed by atoms with Crippen molar-refractivity contribution in [2.75, 3.05) is 7.11 Å². The molecule has 0 aliphatic carbocycles. The van der Waals surface area contributed by atoms with Crippen molar-refractivity contribution in [2.45, 2.75) is 11.4 Å². The third-order valence-corrected chi connectivity index (χ3v) is 5.64. The summed E-state index contributed by atoms with van der Waals surface area (Å²) in [6, 6.07) is 12.2. The number of aromatic nitrogens is 2. The molecule has 0 aliphatic heterocycles. The minimum absolute atomic E-state index is 0.0205. The average Bonchev–Trinajstić information content (AvgIpc) is 2.67. The van der Waals surface area contributed by atoms with Crippen LogP contribution >= 0.6 is 15.9 Å². The van der Waals surface area contributed by atoms with Gasteiger partial charge in [-0.25, -0.2) is 27.5 Å². The Morgan fingerprint density at radius 3 is 2.56 bits per heavy atom. The van der Waals surface area contributed by atoms with Gasteiger partial charge in [0.05, 0.1) is 25.0 Å². The minimum Gasteiger partial charge on any atom is -0.495 e. The highest BCUT2D eigenvalue weighted by molar-refractivity contribution is 9.10. The average molecular weight is 452 g/mol. The van der Waals surface area contributed by atoms with E-state index in [-0.39, 0.29) is 23.0 Å². The lowest BCUT2D eigenvalue weighted by Gasteiger charge is -2.11. The van der Waals surface area contributed by atoms with Gasteiger partial charge in [0.25, 0.3) is 0 Å². The number of rotatable bonds is 6. The van der Waals surface area contributed by atoms with Crippen LogP contribution in [0, 0.1) is 5.82 Å². The molecule has 1 N–H and O–H groups in total. The van der Waals surface area contributed by atoms with Crippen LogP contribution in [0.1, 0.15) is 5.69 Å². The largest absolute Gasteiger partial charge is 0.495 e. The maximum Gasteiger partial charge on any atom is 0.244 e. The third kappa shape index (κ3) is 4.68. The molecule has 0 atom stereocenters. The summed E-state index contributed by atoms with van der Waals surface area (Å²) in [5, 5.41) is 0. The molecule has 6 nitrogen and oxygen atoms in total. The maximum atomic E-state index is 13.1. The molecule has 0 bridgehead atoms. The summed E-state index contributed by atoms with van der Waals surface area (Å²) < 4.78 is 46.6. The first-order chi connectivity index (χ1) is 12.9. The molecule has 0 radical (unpaired) electrons. The molecule has 9 heteroatoms. The van der Waals surface area contributed by atoms with Gasteiger partial charge in [-0.15, -0.1) is 0 Å². The number of hydrogen-bond donors (Lipinski definition) is 1. The Hall–Kier alpha value is -2.36. The van der Waals surface area contributed by atoms with Crippen molar-refractivity contribution in [2.24, 2.45) is 0 Å². The zero-order chi connectivity index (χ0) is 19.4. The van der Waals surface area contributed by atoms with Crippen molar-refractivity contribution in [3.8, 4) is 17.0 Å². The fourth-order valence-corrected chi connectivity index (χ4v) is 4.08. The number of benzene rings is 2. The smallest absolute Gasteiger partial charge is 0.244 e. The van der Waals surface area contributed by atoms with Crippen LogP contribution in [0.5, 0.6) is 5.75 Å². The van der Waals surface area contributed by atoms with Gasteiger partial charge in [-0.3, -0.25) is 0 Å². The van der Waals surface area contributed by atoms with E-state index in [9.17, 15) is 12.8 Å². The lowest BCUT2D eigenvalue weighted by molar-refractivity contribution is 0.402. The molecule has 2 aromatic carbocycles. The normalized spacial score (nSPS) is 11.4. The molecule has 27 heavy (non-hydrogen) atoms. The van der Waals surface area contributed by atoms with Gasteiger partial charge in [0.15, 0.2) is 0 Å². The molecule has 0 unspecified atom stereocenters. The first kappa shape index (κ1) is 19.4. The zero-order valence-electron chi connectivity index (χ0n) is 14.2. The van der Waals surface area contributed by atoms with Gasteiger partial charge in [-0.05, 0) is 48.5 Å². The van der Waals surface area contributed by atoms with Crippen LogP contribution in [0.25, 0.3) is 11.3 Å². The Morgan fingerprint density at radius 2 is 1.85 bits per heavy atom. The van der Waals surface area contributed by atoms with Crippen LogP contribution < -0.4 is 9.46 Å². The van der Waals surface area contributed by atoms with Crippen molar-refractivity contribution in [1.29, 1.82) is 0 Å². The predicted octanol–water partition coefficient (Wildman–Crippen LogP) is 3.53. The zero-order valence-corrected chi connectivity index (χ0v) is 16.6. The van der Waals surface area contributed by atoms with Crippen LogP contribution in [-0.2, 0) is 16.6 Å². The summed E-state index contributed by atoms with van der Waals surface area (Å²) in [7, 11) is -2.42. The second-order valence-corrected chi connectivity index (χ2v) is 8.17. The lowest BCUT2D eigenvalue weighted by atomic mass is 10.1. The Bertz CT molecular complexity index is 1060. The van der Waals surface area contributed by atoms with Gasteiger partial charge in [-0.1, -0.05) is 15.9 Å². The Balaban J connectivity index is 1.81.